The summed E-state index contributed by atoms with van der Waals surface area (Å²) >= 11 is 0. The third-order valence-electron chi connectivity index (χ3n) is 7.35. The van der Waals surface area contributed by atoms with Crippen molar-refractivity contribution in [2.24, 2.45) is 0 Å². The van der Waals surface area contributed by atoms with Crippen molar-refractivity contribution in [3.8, 4) is 17.2 Å². The summed E-state index contributed by atoms with van der Waals surface area (Å²) in [5.74, 6) is -0.108. The largest absolute Gasteiger partial charge is 0.450 e. The van der Waals surface area contributed by atoms with Crippen molar-refractivity contribution >= 4 is 33.3 Å². The summed E-state index contributed by atoms with van der Waals surface area (Å²) in [5.41, 5.74) is 0.930. The van der Waals surface area contributed by atoms with Crippen LogP contribution in [0.5, 0.6) is 11.5 Å². The molecule has 0 saturated carbocycles. The van der Waals surface area contributed by atoms with Crippen molar-refractivity contribution in [3.63, 3.8) is 0 Å². The van der Waals surface area contributed by atoms with Crippen molar-refractivity contribution in [1.29, 1.82) is 0 Å². The van der Waals surface area contributed by atoms with E-state index in [0.717, 1.165) is 10.8 Å². The SMILES string of the molecule is O=C(c1cn2c3c(c(N4CCOCC4)c(F)cc3c1=O)Oc1c-2ccc2ccccc12)N1CCOCC1. The third kappa shape index (κ3) is 3.42. The number of pyridine rings is 1. The molecule has 7 rings (SSSR count). The normalized spacial score (nSPS) is 17.1. The first-order valence-electron chi connectivity index (χ1n) is 12.4. The maximum Gasteiger partial charge on any atom is 0.259 e. The Bertz CT molecular complexity index is 1640. The van der Waals surface area contributed by atoms with E-state index < -0.39 is 11.2 Å². The van der Waals surface area contributed by atoms with Crippen molar-refractivity contribution in [2.75, 3.05) is 57.5 Å². The summed E-state index contributed by atoms with van der Waals surface area (Å²) in [6, 6.07) is 12.9. The van der Waals surface area contributed by atoms with E-state index in [0.29, 0.717) is 75.2 Å². The molecule has 0 unspecified atom stereocenters. The minimum absolute atomic E-state index is 0.000110. The molecule has 2 fully saturated rings. The molecular weight excluding hydrogens is 477 g/mol. The first-order valence-corrected chi connectivity index (χ1v) is 12.4. The molecular formula is C28H24FN3O5. The van der Waals surface area contributed by atoms with Gasteiger partial charge in [-0.3, -0.25) is 9.59 Å². The van der Waals surface area contributed by atoms with E-state index in [1.807, 2.05) is 45.9 Å². The number of hydrogen-bond donors (Lipinski definition) is 0. The zero-order valence-electron chi connectivity index (χ0n) is 20.0. The van der Waals surface area contributed by atoms with Crippen LogP contribution in [-0.2, 0) is 9.47 Å². The Morgan fingerprint density at radius 2 is 1.59 bits per heavy atom. The fourth-order valence-electron chi connectivity index (χ4n) is 5.50. The number of nitrogens with zero attached hydrogens (tertiary/aromatic N) is 3. The van der Waals surface area contributed by atoms with Gasteiger partial charge < -0.3 is 28.6 Å². The highest BCUT2D eigenvalue weighted by Crippen LogP contribution is 2.48. The summed E-state index contributed by atoms with van der Waals surface area (Å²) in [4.78, 5) is 30.6. The number of morpholine rings is 2. The van der Waals surface area contributed by atoms with Crippen molar-refractivity contribution in [1.82, 2.24) is 9.47 Å². The summed E-state index contributed by atoms with van der Waals surface area (Å²) in [6.07, 6.45) is 1.59. The van der Waals surface area contributed by atoms with Gasteiger partial charge in [-0.15, -0.1) is 0 Å². The molecule has 4 aromatic rings. The lowest BCUT2D eigenvalue weighted by molar-refractivity contribution is 0.0301. The number of hydrogen-bond acceptors (Lipinski definition) is 6. The molecule has 8 nitrogen and oxygen atoms in total. The number of carbonyl (C=O) groups excluding carboxylic acids is 1. The Morgan fingerprint density at radius 3 is 2.38 bits per heavy atom. The van der Waals surface area contributed by atoms with E-state index in [2.05, 4.69) is 0 Å². The lowest BCUT2D eigenvalue weighted by Crippen LogP contribution is -2.42. The molecule has 0 bridgehead atoms. The molecule has 3 aliphatic rings. The molecule has 0 atom stereocenters. The van der Waals surface area contributed by atoms with Gasteiger partial charge in [0, 0.05) is 37.8 Å². The van der Waals surface area contributed by atoms with E-state index in [9.17, 15) is 9.59 Å². The molecule has 0 aliphatic carbocycles. The quantitative estimate of drug-likeness (QED) is 0.367. The van der Waals surface area contributed by atoms with Crippen LogP contribution < -0.4 is 15.1 Å². The van der Waals surface area contributed by atoms with Crippen LogP contribution in [-0.4, -0.2) is 68.0 Å². The van der Waals surface area contributed by atoms with E-state index in [1.54, 1.807) is 11.1 Å². The fraction of sp³-hybridized carbons (Fsp3) is 0.286. The van der Waals surface area contributed by atoms with E-state index in [1.165, 1.54) is 6.07 Å². The second-order valence-electron chi connectivity index (χ2n) is 9.42. The Morgan fingerprint density at radius 1 is 0.865 bits per heavy atom. The highest BCUT2D eigenvalue weighted by Gasteiger charge is 2.32. The number of halogens is 1. The number of amides is 1. The first-order chi connectivity index (χ1) is 18.1. The summed E-state index contributed by atoms with van der Waals surface area (Å²) in [6.45, 7) is 3.56. The second kappa shape index (κ2) is 8.57. The smallest absolute Gasteiger partial charge is 0.259 e. The van der Waals surface area contributed by atoms with Gasteiger partial charge in [-0.05, 0) is 17.5 Å². The molecule has 0 radical (unpaired) electrons. The summed E-state index contributed by atoms with van der Waals surface area (Å²) < 4.78 is 35.0. The number of rotatable bonds is 2. The molecule has 3 aromatic carbocycles. The summed E-state index contributed by atoms with van der Waals surface area (Å²) in [7, 11) is 0. The van der Waals surface area contributed by atoms with Gasteiger partial charge in [0.05, 0.1) is 37.5 Å². The van der Waals surface area contributed by atoms with Crippen LogP contribution in [0.1, 0.15) is 10.4 Å². The molecule has 188 valence electrons. The Kier molecular flexibility index (Phi) is 5.16. The van der Waals surface area contributed by atoms with E-state index >= 15 is 4.39 Å². The Labute approximate surface area is 211 Å². The van der Waals surface area contributed by atoms with Gasteiger partial charge in [-0.1, -0.05) is 30.3 Å². The van der Waals surface area contributed by atoms with Crippen LogP contribution in [0.4, 0.5) is 10.1 Å². The zero-order valence-corrected chi connectivity index (χ0v) is 20.0. The number of ether oxygens (including phenoxy) is 3. The Balaban J connectivity index is 1.54. The molecule has 1 amide bonds. The van der Waals surface area contributed by atoms with Crippen LogP contribution in [0, 0.1) is 5.82 Å². The monoisotopic (exact) mass is 501 g/mol. The third-order valence-corrected chi connectivity index (χ3v) is 7.35. The maximum atomic E-state index is 15.8. The van der Waals surface area contributed by atoms with Gasteiger partial charge in [0.15, 0.2) is 17.3 Å². The second-order valence-corrected chi connectivity index (χ2v) is 9.42. The van der Waals surface area contributed by atoms with Gasteiger partial charge in [0.25, 0.3) is 5.91 Å². The van der Waals surface area contributed by atoms with Gasteiger partial charge in [-0.25, -0.2) is 4.39 Å². The van der Waals surface area contributed by atoms with Crippen molar-refractivity contribution in [3.05, 3.63) is 70.3 Å². The van der Waals surface area contributed by atoms with Crippen LogP contribution >= 0.6 is 0 Å². The lowest BCUT2D eigenvalue weighted by atomic mass is 10.0. The fourth-order valence-corrected chi connectivity index (χ4v) is 5.50. The molecule has 9 heteroatoms. The number of benzene rings is 3. The maximum absolute atomic E-state index is 15.8. The van der Waals surface area contributed by atoms with Crippen molar-refractivity contribution in [2.45, 2.75) is 0 Å². The van der Waals surface area contributed by atoms with Crippen LogP contribution in [0.2, 0.25) is 0 Å². The first kappa shape index (κ1) is 22.3. The molecule has 0 spiro atoms. The highest BCUT2D eigenvalue weighted by atomic mass is 19.1. The Hall–Kier alpha value is -3.95. The van der Waals surface area contributed by atoms with Gasteiger partial charge in [0.2, 0.25) is 5.43 Å². The number of fused-ring (bicyclic) bond motifs is 4. The van der Waals surface area contributed by atoms with Crippen molar-refractivity contribution < 1.29 is 23.4 Å². The predicted octanol–water partition coefficient (Wildman–Crippen LogP) is 3.70. The van der Waals surface area contributed by atoms with Gasteiger partial charge >= 0.3 is 0 Å². The van der Waals surface area contributed by atoms with Crippen LogP contribution in [0.3, 0.4) is 0 Å². The van der Waals surface area contributed by atoms with Gasteiger partial charge in [0.1, 0.15) is 16.8 Å². The standard InChI is InChI=1S/C28H24FN3O5/c29-21-15-19-23-27(24(21)30-7-11-35-12-8-30)37-26-18-4-2-1-3-17(18)5-6-22(26)32(23)16-20(25(19)33)28(34)31-9-13-36-14-10-31/h1-6,15-16H,7-14H2. The van der Waals surface area contributed by atoms with Crippen LogP contribution in [0.15, 0.2) is 53.5 Å². The molecule has 3 aliphatic heterocycles. The number of carbonyl (C=O) groups is 1. The van der Waals surface area contributed by atoms with E-state index in [-0.39, 0.29) is 22.6 Å². The minimum atomic E-state index is -0.562. The molecule has 2 saturated heterocycles. The molecule has 0 N–H and O–H groups in total. The predicted molar refractivity (Wildman–Crippen MR) is 137 cm³/mol. The highest BCUT2D eigenvalue weighted by molar-refractivity contribution is 6.03. The number of anilines is 1. The lowest BCUT2D eigenvalue weighted by Gasteiger charge is -2.33. The van der Waals surface area contributed by atoms with Gasteiger partial charge in [-0.2, -0.15) is 0 Å². The molecule has 4 heterocycles. The average molecular weight is 502 g/mol. The van der Waals surface area contributed by atoms with Crippen LogP contribution in [0.25, 0.3) is 27.4 Å². The molecule has 37 heavy (non-hydrogen) atoms. The minimum Gasteiger partial charge on any atom is -0.450 e. The zero-order chi connectivity index (χ0) is 25.1. The summed E-state index contributed by atoms with van der Waals surface area (Å²) in [5, 5.41) is 1.94. The topological polar surface area (TPSA) is 73.2 Å². The number of aromatic nitrogens is 1. The molecule has 1 aromatic heterocycles. The van der Waals surface area contributed by atoms with E-state index in [4.69, 9.17) is 14.2 Å². The average Bonchev–Trinajstić information content (AvgIpc) is 2.95.